The number of nitrogens with zero attached hydrogens (tertiary/aromatic N) is 1. The summed E-state index contributed by atoms with van der Waals surface area (Å²) in [4.78, 5) is 14.6. The lowest BCUT2D eigenvalue weighted by atomic mass is 9.96. The average molecular weight is 444 g/mol. The Bertz CT molecular complexity index is 1040. The van der Waals surface area contributed by atoms with Gasteiger partial charge in [-0.2, -0.15) is 0 Å². The maximum Gasteiger partial charge on any atom is 0.317 e. The highest BCUT2D eigenvalue weighted by atomic mass is 32.2. The number of hydrogen-bond acceptors (Lipinski definition) is 4. The zero-order chi connectivity index (χ0) is 21.8. The highest BCUT2D eigenvalue weighted by molar-refractivity contribution is 7.89. The summed E-state index contributed by atoms with van der Waals surface area (Å²) >= 11 is 0. The molecule has 2 aromatic carbocycles. The largest absolute Gasteiger partial charge is 0.493 e. The lowest BCUT2D eigenvalue weighted by Crippen LogP contribution is -2.50. The maximum absolute atomic E-state index is 12.9. The minimum Gasteiger partial charge on any atom is -0.493 e. The summed E-state index contributed by atoms with van der Waals surface area (Å²) in [6.07, 6.45) is 1.86. The van der Waals surface area contributed by atoms with Gasteiger partial charge in [0.1, 0.15) is 5.75 Å². The Morgan fingerprint density at radius 2 is 2.03 bits per heavy atom. The Kier molecular flexibility index (Phi) is 6.48. The highest BCUT2D eigenvalue weighted by Crippen LogP contribution is 2.32. The van der Waals surface area contributed by atoms with Crippen molar-refractivity contribution >= 4 is 16.1 Å². The van der Waals surface area contributed by atoms with Crippen LogP contribution in [0.1, 0.15) is 25.3 Å². The number of fused-ring (bicyclic) bond motifs is 5. The van der Waals surface area contributed by atoms with Crippen LogP contribution in [0.5, 0.6) is 5.75 Å². The number of carbonyl (C=O) groups is 1. The second-order valence-corrected chi connectivity index (χ2v) is 10.1. The summed E-state index contributed by atoms with van der Waals surface area (Å²) < 4.78 is 33.3. The molecule has 0 aromatic heterocycles. The summed E-state index contributed by atoms with van der Waals surface area (Å²) in [6, 6.07) is 15.4. The first-order valence-electron chi connectivity index (χ1n) is 10.8. The molecule has 0 spiro atoms. The molecule has 0 unspecified atom stereocenters. The smallest absolute Gasteiger partial charge is 0.317 e. The number of carbonyl (C=O) groups excluding carboxylic acids is 1. The number of hydrogen-bond donors (Lipinski definition) is 2. The number of urea groups is 1. The van der Waals surface area contributed by atoms with Crippen molar-refractivity contribution in [1.29, 1.82) is 0 Å². The molecule has 2 aliphatic heterocycles. The van der Waals surface area contributed by atoms with Crippen molar-refractivity contribution in [3.8, 4) is 16.9 Å². The number of rotatable bonds is 3. The first-order valence-corrected chi connectivity index (χ1v) is 12.5. The predicted octanol–water partition coefficient (Wildman–Crippen LogP) is 2.77. The Balaban J connectivity index is 1.70. The Morgan fingerprint density at radius 1 is 1.19 bits per heavy atom. The van der Waals surface area contributed by atoms with Gasteiger partial charge in [-0.1, -0.05) is 42.5 Å². The van der Waals surface area contributed by atoms with E-state index < -0.39 is 10.0 Å². The van der Waals surface area contributed by atoms with Gasteiger partial charge in [0.25, 0.3) is 0 Å². The van der Waals surface area contributed by atoms with Crippen LogP contribution in [0.15, 0.2) is 48.5 Å². The van der Waals surface area contributed by atoms with Crippen molar-refractivity contribution in [2.45, 2.75) is 38.3 Å². The molecule has 2 aromatic rings. The van der Waals surface area contributed by atoms with Gasteiger partial charge in [0.15, 0.2) is 0 Å². The van der Waals surface area contributed by atoms with Crippen LogP contribution in [0.2, 0.25) is 0 Å². The zero-order valence-corrected chi connectivity index (χ0v) is 18.5. The van der Waals surface area contributed by atoms with E-state index in [1.54, 1.807) is 11.8 Å². The molecular formula is C23H29N3O4S. The van der Waals surface area contributed by atoms with E-state index in [1.165, 1.54) is 0 Å². The minimum atomic E-state index is -3.37. The van der Waals surface area contributed by atoms with Crippen molar-refractivity contribution < 1.29 is 17.9 Å². The molecule has 2 amide bonds. The van der Waals surface area contributed by atoms with Gasteiger partial charge in [0, 0.05) is 24.7 Å². The van der Waals surface area contributed by atoms with E-state index in [2.05, 4.69) is 16.1 Å². The van der Waals surface area contributed by atoms with Gasteiger partial charge in [-0.25, -0.2) is 17.9 Å². The molecule has 7 nitrogen and oxygen atoms in total. The molecule has 2 atom stereocenters. The van der Waals surface area contributed by atoms with Crippen LogP contribution in [-0.4, -0.2) is 56.9 Å². The molecule has 1 saturated heterocycles. The molecule has 2 heterocycles. The molecular weight excluding hydrogens is 414 g/mol. The van der Waals surface area contributed by atoms with E-state index in [-0.39, 0.29) is 23.9 Å². The molecule has 0 saturated carbocycles. The summed E-state index contributed by atoms with van der Waals surface area (Å²) in [5.74, 6) is 0.841. The standard InChI is InChI=1S/C23H29N3O4S/c1-2-31(28,29)25-20-11-13-26-21(20)16-17-7-5-8-18(15-17)19-9-3-4-10-22(19)30-14-6-12-24-23(26)27/h3-5,7-10,15,20-21,25H,2,6,11-14,16H2,1H3,(H,24,27)/t20-,21-/m0/s1. The minimum absolute atomic E-state index is 0.0225. The van der Waals surface area contributed by atoms with Gasteiger partial charge >= 0.3 is 6.03 Å². The Morgan fingerprint density at radius 3 is 2.87 bits per heavy atom. The van der Waals surface area contributed by atoms with Crippen molar-refractivity contribution in [3.05, 3.63) is 54.1 Å². The molecule has 1 fully saturated rings. The van der Waals surface area contributed by atoms with Gasteiger partial charge in [-0.15, -0.1) is 0 Å². The van der Waals surface area contributed by atoms with Crippen molar-refractivity contribution in [2.75, 3.05) is 25.4 Å². The Labute approximate surface area is 183 Å². The van der Waals surface area contributed by atoms with E-state index in [1.807, 2.05) is 42.5 Å². The predicted molar refractivity (Wildman–Crippen MR) is 121 cm³/mol. The van der Waals surface area contributed by atoms with Gasteiger partial charge in [-0.3, -0.25) is 0 Å². The van der Waals surface area contributed by atoms with Crippen molar-refractivity contribution in [2.24, 2.45) is 0 Å². The molecule has 2 N–H and O–H groups in total. The summed E-state index contributed by atoms with van der Waals surface area (Å²) in [7, 11) is -3.37. The van der Waals surface area contributed by atoms with Gasteiger partial charge < -0.3 is 15.0 Å². The molecule has 0 radical (unpaired) electrons. The quantitative estimate of drug-likeness (QED) is 0.764. The molecule has 31 heavy (non-hydrogen) atoms. The lowest BCUT2D eigenvalue weighted by molar-refractivity contribution is 0.188. The van der Waals surface area contributed by atoms with E-state index in [0.717, 1.165) is 22.4 Å². The third-order valence-corrected chi connectivity index (χ3v) is 7.36. The van der Waals surface area contributed by atoms with Crippen LogP contribution >= 0.6 is 0 Å². The Hall–Kier alpha value is -2.58. The van der Waals surface area contributed by atoms with E-state index in [9.17, 15) is 13.2 Å². The monoisotopic (exact) mass is 443 g/mol. The van der Waals surface area contributed by atoms with Gasteiger partial charge in [0.2, 0.25) is 10.0 Å². The first kappa shape index (κ1) is 21.6. The highest BCUT2D eigenvalue weighted by Gasteiger charge is 2.38. The van der Waals surface area contributed by atoms with Gasteiger partial charge in [0.05, 0.1) is 18.4 Å². The molecule has 4 rings (SSSR count). The summed E-state index contributed by atoms with van der Waals surface area (Å²) in [5, 5.41) is 2.97. The normalized spacial score (nSPS) is 22.0. The topological polar surface area (TPSA) is 87.7 Å². The van der Waals surface area contributed by atoms with Crippen LogP contribution in [0, 0.1) is 0 Å². The third-order valence-electron chi connectivity index (χ3n) is 5.94. The van der Waals surface area contributed by atoms with Crippen LogP contribution in [-0.2, 0) is 16.4 Å². The fourth-order valence-corrected chi connectivity index (χ4v) is 5.20. The fraction of sp³-hybridized carbons (Fsp3) is 0.435. The first-order chi connectivity index (χ1) is 15.0. The maximum atomic E-state index is 12.9. The molecule has 2 aliphatic rings. The summed E-state index contributed by atoms with van der Waals surface area (Å²) in [6.45, 7) is 3.14. The van der Waals surface area contributed by atoms with Crippen molar-refractivity contribution in [3.63, 3.8) is 0 Å². The number of para-hydroxylation sites is 1. The zero-order valence-electron chi connectivity index (χ0n) is 17.7. The van der Waals surface area contributed by atoms with E-state index in [0.29, 0.717) is 39.0 Å². The third kappa shape index (κ3) is 5.02. The van der Waals surface area contributed by atoms with Crippen molar-refractivity contribution in [1.82, 2.24) is 14.9 Å². The number of ether oxygens (including phenoxy) is 1. The fourth-order valence-electron chi connectivity index (χ4n) is 4.30. The van der Waals surface area contributed by atoms with Crippen LogP contribution in [0.4, 0.5) is 4.79 Å². The lowest BCUT2D eigenvalue weighted by Gasteiger charge is -2.29. The van der Waals surface area contributed by atoms with Crippen LogP contribution in [0.25, 0.3) is 11.1 Å². The number of benzene rings is 2. The van der Waals surface area contributed by atoms with Crippen LogP contribution in [0.3, 0.4) is 0 Å². The number of sulfonamides is 1. The second-order valence-electron chi connectivity index (χ2n) is 8.01. The molecule has 166 valence electrons. The second kappa shape index (κ2) is 9.28. The summed E-state index contributed by atoms with van der Waals surface area (Å²) in [5.41, 5.74) is 3.12. The van der Waals surface area contributed by atoms with E-state index in [4.69, 9.17) is 4.74 Å². The van der Waals surface area contributed by atoms with Gasteiger partial charge in [-0.05, 0) is 43.4 Å². The molecule has 2 bridgehead atoms. The SMILES string of the molecule is CCS(=O)(=O)N[C@H]1CCN2C(=O)NCCCOc3ccccc3-c3cccc(c3)C[C@@H]12. The number of amides is 2. The van der Waals surface area contributed by atoms with Crippen LogP contribution < -0.4 is 14.8 Å². The number of nitrogens with one attached hydrogen (secondary N) is 2. The van der Waals surface area contributed by atoms with E-state index >= 15 is 0 Å². The molecule has 8 heteroatoms. The average Bonchev–Trinajstić information content (AvgIpc) is 3.15. The molecule has 0 aliphatic carbocycles.